The standard InChI is InChI=1S/C21H34N6O2/c1-24(2)19-5-8-22-21(23-19)26-10-6-18(7-11-26)27-9-3-4-17(16-27)20(28)25-12-14-29-15-13-25/h5,8,17-18H,3-4,6-7,9-16H2,1-2H3/t17-/m1/s1. The lowest BCUT2D eigenvalue weighted by Gasteiger charge is -2.43. The van der Waals surface area contributed by atoms with Crippen LogP contribution in [-0.4, -0.2) is 98.3 Å². The monoisotopic (exact) mass is 402 g/mol. The molecule has 8 heteroatoms. The largest absolute Gasteiger partial charge is 0.378 e. The van der Waals surface area contributed by atoms with Gasteiger partial charge in [0.25, 0.3) is 0 Å². The third-order valence-electron chi connectivity index (χ3n) is 6.47. The molecule has 4 heterocycles. The van der Waals surface area contributed by atoms with Gasteiger partial charge in [0.05, 0.1) is 19.1 Å². The maximum Gasteiger partial charge on any atom is 0.227 e. The van der Waals surface area contributed by atoms with E-state index in [0.29, 0.717) is 25.2 Å². The van der Waals surface area contributed by atoms with E-state index in [9.17, 15) is 4.79 Å². The maximum absolute atomic E-state index is 12.9. The molecule has 0 radical (unpaired) electrons. The quantitative estimate of drug-likeness (QED) is 0.747. The van der Waals surface area contributed by atoms with Crippen LogP contribution in [0.3, 0.4) is 0 Å². The van der Waals surface area contributed by atoms with Crippen LogP contribution in [0.25, 0.3) is 0 Å². The highest BCUT2D eigenvalue weighted by Crippen LogP contribution is 2.26. The Morgan fingerprint density at radius 3 is 2.59 bits per heavy atom. The molecule has 4 rings (SSSR count). The van der Waals surface area contributed by atoms with Crippen LogP contribution in [0, 0.1) is 5.92 Å². The number of rotatable bonds is 4. The SMILES string of the molecule is CN(C)c1ccnc(N2CCC(N3CCC[C@@H](C(=O)N4CCOCC4)C3)CC2)n1. The third-order valence-corrected chi connectivity index (χ3v) is 6.47. The number of amides is 1. The third kappa shape index (κ3) is 4.80. The average molecular weight is 403 g/mol. The molecule has 0 spiro atoms. The topological polar surface area (TPSA) is 65.0 Å². The summed E-state index contributed by atoms with van der Waals surface area (Å²) in [4.78, 5) is 31.0. The summed E-state index contributed by atoms with van der Waals surface area (Å²) in [5.74, 6) is 2.26. The molecule has 0 aliphatic carbocycles. The summed E-state index contributed by atoms with van der Waals surface area (Å²) in [6.07, 6.45) is 6.20. The fraction of sp³-hybridized carbons (Fsp3) is 0.762. The zero-order valence-corrected chi connectivity index (χ0v) is 17.8. The highest BCUT2D eigenvalue weighted by Gasteiger charge is 2.34. The Morgan fingerprint density at radius 1 is 1.10 bits per heavy atom. The van der Waals surface area contributed by atoms with Crippen molar-refractivity contribution >= 4 is 17.7 Å². The maximum atomic E-state index is 12.9. The number of ether oxygens (including phenoxy) is 1. The van der Waals surface area contributed by atoms with Crippen LogP contribution in [0.5, 0.6) is 0 Å². The van der Waals surface area contributed by atoms with Crippen molar-refractivity contribution in [1.82, 2.24) is 19.8 Å². The molecular formula is C21H34N6O2. The number of nitrogens with zero attached hydrogens (tertiary/aromatic N) is 6. The summed E-state index contributed by atoms with van der Waals surface area (Å²) in [6, 6.07) is 2.50. The van der Waals surface area contributed by atoms with E-state index in [0.717, 1.165) is 76.7 Å². The van der Waals surface area contributed by atoms with Gasteiger partial charge < -0.3 is 19.4 Å². The highest BCUT2D eigenvalue weighted by atomic mass is 16.5. The summed E-state index contributed by atoms with van der Waals surface area (Å²) < 4.78 is 5.40. The van der Waals surface area contributed by atoms with Crippen molar-refractivity contribution in [3.05, 3.63) is 12.3 Å². The zero-order valence-electron chi connectivity index (χ0n) is 17.8. The van der Waals surface area contributed by atoms with Gasteiger partial charge in [0.2, 0.25) is 11.9 Å². The van der Waals surface area contributed by atoms with E-state index in [-0.39, 0.29) is 5.92 Å². The molecule has 3 aliphatic rings. The molecule has 8 nitrogen and oxygen atoms in total. The Labute approximate surface area is 173 Å². The Hall–Kier alpha value is -1.93. The van der Waals surface area contributed by atoms with Gasteiger partial charge in [-0.2, -0.15) is 4.98 Å². The van der Waals surface area contributed by atoms with Crippen LogP contribution < -0.4 is 9.80 Å². The van der Waals surface area contributed by atoms with Gasteiger partial charge in [-0.1, -0.05) is 0 Å². The highest BCUT2D eigenvalue weighted by molar-refractivity contribution is 5.79. The van der Waals surface area contributed by atoms with Crippen molar-refractivity contribution in [2.24, 2.45) is 5.92 Å². The van der Waals surface area contributed by atoms with Gasteiger partial charge in [-0.25, -0.2) is 4.98 Å². The molecule has 3 aliphatic heterocycles. The van der Waals surface area contributed by atoms with Crippen molar-refractivity contribution in [2.75, 3.05) is 76.4 Å². The molecule has 0 unspecified atom stereocenters. The van der Waals surface area contributed by atoms with Crippen molar-refractivity contribution in [3.63, 3.8) is 0 Å². The lowest BCUT2D eigenvalue weighted by Crippen LogP contribution is -2.52. The number of aromatic nitrogens is 2. The van der Waals surface area contributed by atoms with Crippen molar-refractivity contribution in [3.8, 4) is 0 Å². The normalized spacial score (nSPS) is 24.6. The van der Waals surface area contributed by atoms with Crippen LogP contribution >= 0.6 is 0 Å². The minimum atomic E-state index is 0.153. The first-order valence-electron chi connectivity index (χ1n) is 11.0. The van der Waals surface area contributed by atoms with Gasteiger partial charge in [0.15, 0.2) is 0 Å². The predicted octanol–water partition coefficient (Wildman–Crippen LogP) is 1.08. The van der Waals surface area contributed by atoms with E-state index >= 15 is 0 Å². The van der Waals surface area contributed by atoms with E-state index in [1.54, 1.807) is 0 Å². The van der Waals surface area contributed by atoms with Crippen LogP contribution in [0.2, 0.25) is 0 Å². The smallest absolute Gasteiger partial charge is 0.227 e. The molecule has 1 aromatic heterocycles. The molecule has 1 aromatic rings. The Morgan fingerprint density at radius 2 is 1.86 bits per heavy atom. The number of carbonyl (C=O) groups excluding carboxylic acids is 1. The van der Waals surface area contributed by atoms with Crippen LogP contribution in [0.15, 0.2) is 12.3 Å². The van der Waals surface area contributed by atoms with Crippen LogP contribution in [0.4, 0.5) is 11.8 Å². The van der Waals surface area contributed by atoms with Crippen molar-refractivity contribution in [2.45, 2.75) is 31.7 Å². The molecule has 1 amide bonds. The fourth-order valence-corrected chi connectivity index (χ4v) is 4.75. The van der Waals surface area contributed by atoms with Gasteiger partial charge >= 0.3 is 0 Å². The average Bonchev–Trinajstić information content (AvgIpc) is 2.79. The number of carbonyl (C=O) groups is 1. The lowest BCUT2D eigenvalue weighted by molar-refractivity contribution is -0.141. The molecule has 3 fully saturated rings. The molecule has 3 saturated heterocycles. The van der Waals surface area contributed by atoms with Crippen molar-refractivity contribution in [1.29, 1.82) is 0 Å². The van der Waals surface area contributed by atoms with Crippen LogP contribution in [-0.2, 0) is 9.53 Å². The van der Waals surface area contributed by atoms with Crippen molar-refractivity contribution < 1.29 is 9.53 Å². The van der Waals surface area contributed by atoms with E-state index in [2.05, 4.69) is 19.8 Å². The first kappa shape index (κ1) is 20.3. The number of anilines is 2. The molecule has 0 saturated carbocycles. The van der Waals surface area contributed by atoms with Gasteiger partial charge in [0.1, 0.15) is 5.82 Å². The Bertz CT molecular complexity index is 686. The number of piperidine rings is 2. The van der Waals surface area contributed by atoms with E-state index in [1.165, 1.54) is 0 Å². The zero-order chi connectivity index (χ0) is 20.2. The molecule has 160 valence electrons. The summed E-state index contributed by atoms with van der Waals surface area (Å²) in [5.41, 5.74) is 0. The second-order valence-corrected chi connectivity index (χ2v) is 8.60. The van der Waals surface area contributed by atoms with Crippen LogP contribution in [0.1, 0.15) is 25.7 Å². The Kier molecular flexibility index (Phi) is 6.50. The summed E-state index contributed by atoms with van der Waals surface area (Å²) in [5, 5.41) is 0. The molecule has 0 bridgehead atoms. The molecular weight excluding hydrogens is 368 g/mol. The van der Waals surface area contributed by atoms with Gasteiger partial charge in [0, 0.05) is 59.1 Å². The summed E-state index contributed by atoms with van der Waals surface area (Å²) >= 11 is 0. The van der Waals surface area contributed by atoms with E-state index in [1.807, 2.05) is 36.2 Å². The first-order chi connectivity index (χ1) is 14.1. The summed E-state index contributed by atoms with van der Waals surface area (Å²) in [7, 11) is 4.01. The predicted molar refractivity (Wildman–Crippen MR) is 113 cm³/mol. The van der Waals surface area contributed by atoms with Gasteiger partial charge in [-0.3, -0.25) is 9.69 Å². The molecule has 1 atom stereocenters. The molecule has 29 heavy (non-hydrogen) atoms. The summed E-state index contributed by atoms with van der Waals surface area (Å²) in [6.45, 7) is 6.83. The van der Waals surface area contributed by atoms with E-state index in [4.69, 9.17) is 4.74 Å². The number of likely N-dealkylation sites (tertiary alicyclic amines) is 1. The Balaban J connectivity index is 1.31. The minimum absolute atomic E-state index is 0.153. The minimum Gasteiger partial charge on any atom is -0.378 e. The molecule has 0 N–H and O–H groups in total. The number of hydrogen-bond donors (Lipinski definition) is 0. The van der Waals surface area contributed by atoms with E-state index < -0.39 is 0 Å². The van der Waals surface area contributed by atoms with Gasteiger partial charge in [-0.05, 0) is 38.3 Å². The fourth-order valence-electron chi connectivity index (χ4n) is 4.75. The second-order valence-electron chi connectivity index (χ2n) is 8.60. The lowest BCUT2D eigenvalue weighted by atomic mass is 9.92. The van der Waals surface area contributed by atoms with Gasteiger partial charge in [-0.15, -0.1) is 0 Å². The first-order valence-corrected chi connectivity index (χ1v) is 11.0. The number of hydrogen-bond acceptors (Lipinski definition) is 7. The second kappa shape index (κ2) is 9.26. The number of morpholine rings is 1. The molecule has 0 aromatic carbocycles.